The van der Waals surface area contributed by atoms with Crippen LogP contribution in [-0.4, -0.2) is 47.2 Å². The third-order valence-electron chi connectivity index (χ3n) is 7.34. The number of aryl methyl sites for hydroxylation is 1. The number of anilines is 2. The molecule has 1 saturated carbocycles. The molecular weight excluding hydrogens is 481 g/mol. The first-order valence-corrected chi connectivity index (χ1v) is 12.4. The summed E-state index contributed by atoms with van der Waals surface area (Å²) in [4.78, 5) is 36.9. The van der Waals surface area contributed by atoms with Crippen molar-refractivity contribution in [3.8, 4) is 0 Å². The van der Waals surface area contributed by atoms with E-state index in [-0.39, 0.29) is 22.4 Å². The number of amides is 2. The first kappa shape index (κ1) is 24.3. The molecule has 5 rings (SSSR count). The molecule has 0 bridgehead atoms. The second-order valence-corrected chi connectivity index (χ2v) is 9.88. The van der Waals surface area contributed by atoms with Crippen LogP contribution in [0.3, 0.4) is 0 Å². The SMILES string of the molecule is [C-]#[N+]c1ncc(N2C(=O)C3(CCC3)N(c3ccc(C(=O)NCC4CCOCC4)c(F)c3)C2=S)cc1C. The van der Waals surface area contributed by atoms with E-state index in [1.807, 2.05) is 0 Å². The van der Waals surface area contributed by atoms with Crippen LogP contribution in [0.25, 0.3) is 4.85 Å². The van der Waals surface area contributed by atoms with Gasteiger partial charge in [-0.15, -0.1) is 4.98 Å². The number of ether oxygens (including phenoxy) is 1. The molecule has 3 aliphatic rings. The maximum Gasteiger partial charge on any atom is 0.272 e. The Bertz CT molecular complexity index is 1280. The maximum absolute atomic E-state index is 15.2. The predicted molar refractivity (Wildman–Crippen MR) is 137 cm³/mol. The van der Waals surface area contributed by atoms with Gasteiger partial charge in [0.2, 0.25) is 0 Å². The molecule has 8 nitrogen and oxygen atoms in total. The number of carbonyl (C=O) groups excluding carboxylic acids is 2. The van der Waals surface area contributed by atoms with Gasteiger partial charge in [0.15, 0.2) is 5.11 Å². The van der Waals surface area contributed by atoms with Crippen LogP contribution in [0.15, 0.2) is 30.5 Å². The topological polar surface area (TPSA) is 79.1 Å². The lowest BCUT2D eigenvalue weighted by Gasteiger charge is -2.43. The van der Waals surface area contributed by atoms with Crippen LogP contribution in [0.2, 0.25) is 0 Å². The molecule has 36 heavy (non-hydrogen) atoms. The quantitative estimate of drug-likeness (QED) is 0.480. The number of pyridine rings is 1. The zero-order chi connectivity index (χ0) is 25.4. The zero-order valence-corrected chi connectivity index (χ0v) is 20.7. The molecule has 1 spiro atoms. The van der Waals surface area contributed by atoms with Gasteiger partial charge in [0.1, 0.15) is 17.6 Å². The molecule has 1 aromatic carbocycles. The van der Waals surface area contributed by atoms with Crippen LogP contribution < -0.4 is 15.1 Å². The Balaban J connectivity index is 1.40. The van der Waals surface area contributed by atoms with Gasteiger partial charge in [-0.25, -0.2) is 4.39 Å². The van der Waals surface area contributed by atoms with Gasteiger partial charge in [-0.1, -0.05) is 6.57 Å². The molecule has 186 valence electrons. The zero-order valence-electron chi connectivity index (χ0n) is 19.9. The van der Waals surface area contributed by atoms with E-state index in [1.165, 1.54) is 23.2 Å². The van der Waals surface area contributed by atoms with E-state index in [1.54, 1.807) is 24.0 Å². The van der Waals surface area contributed by atoms with Gasteiger partial charge in [0, 0.05) is 25.4 Å². The Hall–Kier alpha value is -3.42. The van der Waals surface area contributed by atoms with E-state index in [4.69, 9.17) is 23.5 Å². The van der Waals surface area contributed by atoms with Crippen LogP contribution in [0.1, 0.15) is 48.0 Å². The molecule has 0 radical (unpaired) electrons. The molecule has 1 aliphatic carbocycles. The van der Waals surface area contributed by atoms with Gasteiger partial charge < -0.3 is 19.8 Å². The van der Waals surface area contributed by atoms with Crippen LogP contribution in [-0.2, 0) is 9.53 Å². The highest BCUT2D eigenvalue weighted by molar-refractivity contribution is 7.81. The third kappa shape index (κ3) is 4.02. The predicted octanol–water partition coefficient (Wildman–Crippen LogP) is 4.30. The minimum absolute atomic E-state index is 0.0451. The average molecular weight is 508 g/mol. The number of hydrogen-bond acceptors (Lipinski definition) is 5. The molecule has 2 aliphatic heterocycles. The highest BCUT2D eigenvalue weighted by Gasteiger charge is 2.59. The van der Waals surface area contributed by atoms with Crippen molar-refractivity contribution in [1.29, 1.82) is 0 Å². The molecule has 2 saturated heterocycles. The number of hydrogen-bond donors (Lipinski definition) is 1. The number of carbonyl (C=O) groups is 2. The Morgan fingerprint density at radius 2 is 2.06 bits per heavy atom. The van der Waals surface area contributed by atoms with E-state index in [0.717, 1.165) is 19.3 Å². The van der Waals surface area contributed by atoms with E-state index >= 15 is 4.39 Å². The molecule has 10 heteroatoms. The Morgan fingerprint density at radius 3 is 2.67 bits per heavy atom. The lowest BCUT2D eigenvalue weighted by molar-refractivity contribution is -0.123. The summed E-state index contributed by atoms with van der Waals surface area (Å²) in [5.41, 5.74) is 0.616. The highest BCUT2D eigenvalue weighted by atomic mass is 32.1. The van der Waals surface area contributed by atoms with E-state index < -0.39 is 17.3 Å². The fourth-order valence-electron chi connectivity index (χ4n) is 5.11. The minimum atomic E-state index is -0.886. The third-order valence-corrected chi connectivity index (χ3v) is 7.71. The summed E-state index contributed by atoms with van der Waals surface area (Å²) < 4.78 is 20.5. The van der Waals surface area contributed by atoms with E-state index in [2.05, 4.69) is 15.1 Å². The van der Waals surface area contributed by atoms with Gasteiger partial charge in [-0.2, -0.15) is 0 Å². The summed E-state index contributed by atoms with van der Waals surface area (Å²) >= 11 is 5.73. The number of aromatic nitrogens is 1. The van der Waals surface area contributed by atoms with Crippen molar-refractivity contribution in [1.82, 2.24) is 10.3 Å². The van der Waals surface area contributed by atoms with Gasteiger partial charge in [-0.05, 0) is 87.0 Å². The van der Waals surface area contributed by atoms with Crippen LogP contribution in [0.5, 0.6) is 0 Å². The van der Waals surface area contributed by atoms with Gasteiger partial charge in [0.05, 0.1) is 11.3 Å². The second-order valence-electron chi connectivity index (χ2n) is 9.52. The molecule has 0 unspecified atom stereocenters. The fraction of sp³-hybridized carbons (Fsp3) is 0.423. The molecule has 0 atom stereocenters. The second kappa shape index (κ2) is 9.56. The first-order valence-electron chi connectivity index (χ1n) is 12.0. The summed E-state index contributed by atoms with van der Waals surface area (Å²) in [6.07, 6.45) is 5.23. The van der Waals surface area contributed by atoms with Gasteiger partial charge in [-0.3, -0.25) is 14.5 Å². The Labute approximate surface area is 214 Å². The van der Waals surface area contributed by atoms with Crippen LogP contribution in [0.4, 0.5) is 21.6 Å². The standard InChI is InChI=1S/C26H26FN5O3S/c1-16-12-19(15-29-22(16)28-2)31-24(34)26(8-3-9-26)32(25(31)36)18-4-5-20(21(27)13-18)23(33)30-14-17-6-10-35-11-7-17/h4-5,12-13,15,17H,3,6-11,14H2,1H3,(H,30,33). The molecule has 3 heterocycles. The summed E-state index contributed by atoms with van der Waals surface area (Å²) in [6, 6.07) is 6.08. The number of rotatable bonds is 5. The van der Waals surface area contributed by atoms with E-state index in [0.29, 0.717) is 55.5 Å². The lowest BCUT2D eigenvalue weighted by atomic mass is 9.75. The Morgan fingerprint density at radius 1 is 1.31 bits per heavy atom. The Kier molecular flexibility index (Phi) is 6.45. The number of benzene rings is 1. The molecule has 2 amide bonds. The molecule has 2 aromatic rings. The van der Waals surface area contributed by atoms with Crippen molar-refractivity contribution in [3.63, 3.8) is 0 Å². The van der Waals surface area contributed by atoms with Crippen molar-refractivity contribution < 1.29 is 18.7 Å². The van der Waals surface area contributed by atoms with Crippen LogP contribution >= 0.6 is 12.2 Å². The maximum atomic E-state index is 15.2. The summed E-state index contributed by atoms with van der Waals surface area (Å²) in [5.74, 6) is -0.732. The number of nitrogens with one attached hydrogen (secondary N) is 1. The van der Waals surface area contributed by atoms with Crippen LogP contribution in [0, 0.1) is 25.2 Å². The van der Waals surface area contributed by atoms with E-state index in [9.17, 15) is 9.59 Å². The number of nitrogens with zero attached hydrogens (tertiary/aromatic N) is 4. The monoisotopic (exact) mass is 507 g/mol. The normalized spacial score (nSPS) is 19.4. The fourth-order valence-corrected chi connectivity index (χ4v) is 5.58. The molecular formula is C26H26FN5O3S. The van der Waals surface area contributed by atoms with Crippen molar-refractivity contribution >= 4 is 46.3 Å². The number of halogens is 1. The number of thiocarbonyl (C=S) groups is 1. The van der Waals surface area contributed by atoms with Crippen molar-refractivity contribution in [2.24, 2.45) is 5.92 Å². The summed E-state index contributed by atoms with van der Waals surface area (Å²) in [5, 5.41) is 3.06. The average Bonchev–Trinajstić information content (AvgIpc) is 3.09. The summed E-state index contributed by atoms with van der Waals surface area (Å²) in [6.45, 7) is 10.8. The molecule has 1 aromatic heterocycles. The molecule has 3 fully saturated rings. The highest BCUT2D eigenvalue weighted by Crippen LogP contribution is 2.48. The minimum Gasteiger partial charge on any atom is -0.381 e. The van der Waals surface area contributed by atoms with Crippen molar-refractivity contribution in [2.75, 3.05) is 29.6 Å². The largest absolute Gasteiger partial charge is 0.381 e. The lowest BCUT2D eigenvalue weighted by Crippen LogP contribution is -2.55. The van der Waals surface area contributed by atoms with Crippen molar-refractivity contribution in [2.45, 2.75) is 44.6 Å². The van der Waals surface area contributed by atoms with Gasteiger partial charge >= 0.3 is 0 Å². The molecule has 1 N–H and O–H groups in total. The van der Waals surface area contributed by atoms with Crippen molar-refractivity contribution in [3.05, 3.63) is 58.8 Å². The van der Waals surface area contributed by atoms with Gasteiger partial charge in [0.25, 0.3) is 17.6 Å². The smallest absolute Gasteiger partial charge is 0.272 e. The first-order chi connectivity index (χ1) is 17.4. The summed E-state index contributed by atoms with van der Waals surface area (Å²) in [7, 11) is 0.